The van der Waals surface area contributed by atoms with E-state index in [1.54, 1.807) is 24.3 Å². The highest BCUT2D eigenvalue weighted by molar-refractivity contribution is 5.88. The van der Waals surface area contributed by atoms with Gasteiger partial charge in [0.25, 0.3) is 0 Å². The molecule has 5 rings (SSSR count). The van der Waals surface area contributed by atoms with Crippen molar-refractivity contribution in [2.45, 2.75) is 5.92 Å². The van der Waals surface area contributed by atoms with Crippen molar-refractivity contribution in [1.29, 1.82) is 10.7 Å². The van der Waals surface area contributed by atoms with E-state index in [0.29, 0.717) is 22.6 Å². The number of aromatic amines is 1. The molecule has 0 bridgehead atoms. The molecule has 2 aromatic heterocycles. The highest BCUT2D eigenvalue weighted by Crippen LogP contribution is 2.46. The van der Waals surface area contributed by atoms with Gasteiger partial charge in [0.15, 0.2) is 0 Å². The van der Waals surface area contributed by atoms with Gasteiger partial charge in [0.2, 0.25) is 17.5 Å². The van der Waals surface area contributed by atoms with Gasteiger partial charge in [-0.3, -0.25) is 10.5 Å². The molecule has 156 valence electrons. The highest BCUT2D eigenvalue weighted by atomic mass is 16.5. The maximum Gasteiger partial charge on any atom is 0.379 e. The second kappa shape index (κ2) is 7.89. The Morgan fingerprint density at radius 2 is 1.97 bits per heavy atom. The third-order valence-corrected chi connectivity index (χ3v) is 5.25. The molecule has 4 aromatic rings. The van der Waals surface area contributed by atoms with Gasteiger partial charge in [-0.05, 0) is 35.4 Å². The Bertz CT molecular complexity index is 1340. The van der Waals surface area contributed by atoms with Crippen LogP contribution in [0.15, 0.2) is 77.4 Å². The maximum atomic E-state index is 12.3. The summed E-state index contributed by atoms with van der Waals surface area (Å²) in [5, 5.41) is 25.3. The second-order valence-electron chi connectivity index (χ2n) is 7.17. The van der Waals surface area contributed by atoms with Crippen LogP contribution in [0.4, 0.5) is 0 Å². The zero-order valence-electron chi connectivity index (χ0n) is 16.6. The summed E-state index contributed by atoms with van der Waals surface area (Å²) < 4.78 is 16.1. The number of furan rings is 1. The maximum absolute atomic E-state index is 12.3. The molecule has 0 amide bonds. The minimum absolute atomic E-state index is 0.0848. The van der Waals surface area contributed by atoms with Crippen LogP contribution in [0.2, 0.25) is 0 Å². The molecule has 0 saturated heterocycles. The van der Waals surface area contributed by atoms with E-state index in [4.69, 9.17) is 19.3 Å². The summed E-state index contributed by atoms with van der Waals surface area (Å²) in [6, 6.07) is 21.7. The molecule has 0 spiro atoms. The molecule has 8 heteroatoms. The van der Waals surface area contributed by atoms with Gasteiger partial charge in [-0.25, -0.2) is 4.79 Å². The number of fused-ring (bicyclic) bond motifs is 1. The van der Waals surface area contributed by atoms with Gasteiger partial charge < -0.3 is 13.9 Å². The van der Waals surface area contributed by atoms with E-state index in [2.05, 4.69) is 16.3 Å². The normalized spacial score (nSPS) is 17.2. The Labute approximate surface area is 182 Å². The molecule has 0 saturated carbocycles. The Balaban J connectivity index is 1.59. The summed E-state index contributed by atoms with van der Waals surface area (Å²) in [5.41, 5.74) is 2.94. The molecule has 0 radical (unpaired) electrons. The first-order chi connectivity index (χ1) is 15.7. The number of hydrogen-bond donors (Lipinski definition) is 2. The lowest BCUT2D eigenvalue weighted by Gasteiger charge is -2.28. The first-order valence-electron chi connectivity index (χ1n) is 9.81. The zero-order valence-corrected chi connectivity index (χ0v) is 16.6. The standard InChI is InChI=1S/C24H16N4O4/c25-13-17-19(15-8-4-9-16(12-15)31-24(29)18-10-5-11-30-18)20-21(14-6-2-1-3-7-14)27-28-23(20)32-22(17)26/h1-12,17,19,26H,(H,27,28). The molecule has 0 fully saturated rings. The molecule has 1 aliphatic heterocycles. The molecule has 2 aromatic carbocycles. The number of nitrogens with one attached hydrogen (secondary N) is 2. The minimum Gasteiger partial charge on any atom is -0.457 e. The molecule has 2 unspecified atom stereocenters. The van der Waals surface area contributed by atoms with E-state index < -0.39 is 17.8 Å². The number of benzene rings is 2. The summed E-state index contributed by atoms with van der Waals surface area (Å²) in [6.07, 6.45) is 1.39. The molecule has 1 aliphatic rings. The van der Waals surface area contributed by atoms with Crippen LogP contribution in [0.25, 0.3) is 11.3 Å². The van der Waals surface area contributed by atoms with Gasteiger partial charge in [-0.1, -0.05) is 42.5 Å². The molecule has 3 heterocycles. The van der Waals surface area contributed by atoms with Crippen LogP contribution in [0.3, 0.4) is 0 Å². The Hall–Kier alpha value is -4.64. The quantitative estimate of drug-likeness (QED) is 0.366. The van der Waals surface area contributed by atoms with E-state index >= 15 is 0 Å². The van der Waals surface area contributed by atoms with E-state index in [9.17, 15) is 10.1 Å². The van der Waals surface area contributed by atoms with Crippen LogP contribution in [0.5, 0.6) is 11.6 Å². The van der Waals surface area contributed by atoms with Crippen LogP contribution in [0.1, 0.15) is 27.6 Å². The number of H-pyrrole nitrogens is 1. The van der Waals surface area contributed by atoms with Crippen LogP contribution in [-0.4, -0.2) is 22.1 Å². The summed E-state index contributed by atoms with van der Waals surface area (Å²) in [4.78, 5) is 12.3. The first kappa shape index (κ1) is 19.3. The third-order valence-electron chi connectivity index (χ3n) is 5.25. The molecule has 0 aliphatic carbocycles. The van der Waals surface area contributed by atoms with E-state index in [1.807, 2.05) is 36.4 Å². The van der Waals surface area contributed by atoms with E-state index in [1.165, 1.54) is 12.3 Å². The van der Waals surface area contributed by atoms with Crippen LogP contribution in [-0.2, 0) is 0 Å². The van der Waals surface area contributed by atoms with Crippen molar-refractivity contribution in [2.75, 3.05) is 0 Å². The predicted octanol–water partition coefficient (Wildman–Crippen LogP) is 4.53. The number of hydrogen-bond acceptors (Lipinski definition) is 7. The number of ether oxygens (including phenoxy) is 2. The Morgan fingerprint density at radius 1 is 1.12 bits per heavy atom. The highest BCUT2D eigenvalue weighted by Gasteiger charge is 2.41. The Morgan fingerprint density at radius 3 is 2.72 bits per heavy atom. The van der Waals surface area contributed by atoms with Gasteiger partial charge in [-0.15, -0.1) is 5.10 Å². The summed E-state index contributed by atoms with van der Waals surface area (Å²) in [6.45, 7) is 0. The number of rotatable bonds is 4. The van der Waals surface area contributed by atoms with Gasteiger partial charge >= 0.3 is 5.97 Å². The molecular weight excluding hydrogens is 408 g/mol. The lowest BCUT2D eigenvalue weighted by molar-refractivity contribution is 0.0701. The lowest BCUT2D eigenvalue weighted by Crippen LogP contribution is -2.30. The van der Waals surface area contributed by atoms with Crippen molar-refractivity contribution in [3.8, 4) is 29.0 Å². The fourth-order valence-electron chi connectivity index (χ4n) is 3.83. The van der Waals surface area contributed by atoms with Crippen LogP contribution in [0, 0.1) is 22.7 Å². The van der Waals surface area contributed by atoms with Crippen molar-refractivity contribution in [1.82, 2.24) is 10.2 Å². The number of aromatic nitrogens is 2. The molecule has 2 atom stereocenters. The number of nitrogens with zero attached hydrogens (tertiary/aromatic N) is 2. The molecule has 32 heavy (non-hydrogen) atoms. The van der Waals surface area contributed by atoms with Crippen molar-refractivity contribution in [3.63, 3.8) is 0 Å². The van der Waals surface area contributed by atoms with Crippen LogP contribution < -0.4 is 9.47 Å². The third kappa shape index (κ3) is 3.32. The average Bonchev–Trinajstić information content (AvgIpc) is 3.49. The molecule has 8 nitrogen and oxygen atoms in total. The molecular formula is C24H16N4O4. The fourth-order valence-corrected chi connectivity index (χ4v) is 3.83. The number of nitriles is 1. The molecule has 2 N–H and O–H groups in total. The van der Waals surface area contributed by atoms with Crippen molar-refractivity contribution >= 4 is 11.9 Å². The zero-order chi connectivity index (χ0) is 22.1. The number of esters is 1. The minimum atomic E-state index is -0.876. The topological polar surface area (TPSA) is 125 Å². The average molecular weight is 424 g/mol. The van der Waals surface area contributed by atoms with E-state index in [-0.39, 0.29) is 17.5 Å². The smallest absolute Gasteiger partial charge is 0.379 e. The number of carbonyl (C=O) groups is 1. The monoisotopic (exact) mass is 424 g/mol. The SMILES string of the molecule is N#CC1C(=N)Oc2n[nH]c(-c3ccccc3)c2C1c1cccc(OC(=O)c2ccco2)c1. The Kier molecular flexibility index (Phi) is 4.76. The van der Waals surface area contributed by atoms with E-state index in [0.717, 1.165) is 5.56 Å². The summed E-state index contributed by atoms with van der Waals surface area (Å²) in [5.74, 6) is -1.60. The lowest BCUT2D eigenvalue weighted by atomic mass is 9.79. The fraction of sp³-hybridized carbons (Fsp3) is 0.0833. The van der Waals surface area contributed by atoms with Gasteiger partial charge in [0.05, 0.1) is 23.6 Å². The first-order valence-corrected chi connectivity index (χ1v) is 9.81. The van der Waals surface area contributed by atoms with Crippen LogP contribution >= 0.6 is 0 Å². The van der Waals surface area contributed by atoms with Gasteiger partial charge in [0.1, 0.15) is 11.7 Å². The van der Waals surface area contributed by atoms with Gasteiger partial charge in [0, 0.05) is 5.92 Å². The van der Waals surface area contributed by atoms with Crippen molar-refractivity contribution < 1.29 is 18.7 Å². The van der Waals surface area contributed by atoms with Gasteiger partial charge in [-0.2, -0.15) is 5.26 Å². The summed E-state index contributed by atoms with van der Waals surface area (Å²) in [7, 11) is 0. The van der Waals surface area contributed by atoms with Crippen molar-refractivity contribution in [2.24, 2.45) is 5.92 Å². The summed E-state index contributed by atoms with van der Waals surface area (Å²) >= 11 is 0. The largest absolute Gasteiger partial charge is 0.457 e. The number of carbonyl (C=O) groups excluding carboxylic acids is 1. The predicted molar refractivity (Wildman–Crippen MR) is 113 cm³/mol. The second-order valence-corrected chi connectivity index (χ2v) is 7.17. The van der Waals surface area contributed by atoms with Crippen molar-refractivity contribution in [3.05, 3.63) is 89.9 Å².